The van der Waals surface area contributed by atoms with Crippen molar-refractivity contribution in [1.82, 2.24) is 9.55 Å². The van der Waals surface area contributed by atoms with Gasteiger partial charge in [-0.1, -0.05) is 0 Å². The van der Waals surface area contributed by atoms with Crippen molar-refractivity contribution in [1.29, 1.82) is 0 Å². The van der Waals surface area contributed by atoms with Crippen molar-refractivity contribution in [3.05, 3.63) is 34.5 Å². The monoisotopic (exact) mass is 265 g/mol. The van der Waals surface area contributed by atoms with Gasteiger partial charge in [-0.3, -0.25) is 4.57 Å². The molecule has 2 N–H and O–H groups in total. The largest absolute Gasteiger partial charge is 0.465 e. The number of rotatable bonds is 3. The molecule has 0 saturated carbocycles. The summed E-state index contributed by atoms with van der Waals surface area (Å²) in [6, 6.07) is 1.86. The quantitative estimate of drug-likeness (QED) is 0.861. The zero-order valence-corrected chi connectivity index (χ0v) is 11.3. The lowest BCUT2D eigenvalue weighted by molar-refractivity contribution is 0.0606. The highest BCUT2D eigenvalue weighted by molar-refractivity contribution is 7.12. The standard InChI is InChI=1S/C12H15N3O2S/c1-12(2,13)9-6-14-7-15(9)8-4-5-18-10(8)11(16)17-3/h4-7H,13H2,1-3H3. The summed E-state index contributed by atoms with van der Waals surface area (Å²) in [4.78, 5) is 16.3. The Hall–Kier alpha value is -1.66. The van der Waals surface area contributed by atoms with Gasteiger partial charge in [0.05, 0.1) is 36.6 Å². The summed E-state index contributed by atoms with van der Waals surface area (Å²) in [5, 5.41) is 1.84. The van der Waals surface area contributed by atoms with E-state index < -0.39 is 5.54 Å². The molecule has 0 bridgehead atoms. The molecule has 5 nitrogen and oxygen atoms in total. The minimum Gasteiger partial charge on any atom is -0.465 e. The first-order valence-corrected chi connectivity index (χ1v) is 6.31. The topological polar surface area (TPSA) is 70.1 Å². The fourth-order valence-corrected chi connectivity index (χ4v) is 2.50. The molecule has 0 aliphatic rings. The van der Waals surface area contributed by atoms with Crippen LogP contribution < -0.4 is 5.73 Å². The number of thiophene rings is 1. The van der Waals surface area contributed by atoms with E-state index in [0.29, 0.717) is 4.88 Å². The maximum Gasteiger partial charge on any atom is 0.350 e. The highest BCUT2D eigenvalue weighted by Crippen LogP contribution is 2.26. The number of nitrogens with zero attached hydrogens (tertiary/aromatic N) is 2. The molecule has 18 heavy (non-hydrogen) atoms. The van der Waals surface area contributed by atoms with Gasteiger partial charge in [0.25, 0.3) is 0 Å². The molecule has 2 rings (SSSR count). The van der Waals surface area contributed by atoms with Crippen LogP contribution in [0.25, 0.3) is 5.69 Å². The SMILES string of the molecule is COC(=O)c1sccc1-n1cncc1C(C)(C)N. The minimum atomic E-state index is -0.536. The third-order valence-electron chi connectivity index (χ3n) is 2.57. The normalized spacial score (nSPS) is 11.6. The number of esters is 1. The van der Waals surface area contributed by atoms with Gasteiger partial charge in [-0.25, -0.2) is 9.78 Å². The third kappa shape index (κ3) is 2.16. The van der Waals surface area contributed by atoms with Crippen LogP contribution in [0.15, 0.2) is 24.0 Å². The number of aromatic nitrogens is 2. The summed E-state index contributed by atoms with van der Waals surface area (Å²) in [6.45, 7) is 3.79. The molecule has 6 heteroatoms. The van der Waals surface area contributed by atoms with Crippen LogP contribution in [0.4, 0.5) is 0 Å². The molecule has 0 atom stereocenters. The zero-order chi connectivity index (χ0) is 13.3. The average molecular weight is 265 g/mol. The number of methoxy groups -OCH3 is 1. The van der Waals surface area contributed by atoms with Crippen LogP contribution in [0, 0.1) is 0 Å². The fourth-order valence-electron chi connectivity index (χ4n) is 1.70. The van der Waals surface area contributed by atoms with E-state index >= 15 is 0 Å². The van der Waals surface area contributed by atoms with Crippen LogP contribution >= 0.6 is 11.3 Å². The number of carbonyl (C=O) groups is 1. The van der Waals surface area contributed by atoms with E-state index in [2.05, 4.69) is 4.98 Å². The Balaban J connectivity index is 2.54. The van der Waals surface area contributed by atoms with E-state index in [1.165, 1.54) is 18.4 Å². The molecule has 96 valence electrons. The van der Waals surface area contributed by atoms with Gasteiger partial charge in [0.2, 0.25) is 0 Å². The van der Waals surface area contributed by atoms with E-state index in [-0.39, 0.29) is 5.97 Å². The van der Waals surface area contributed by atoms with Crippen LogP contribution in [-0.2, 0) is 10.3 Å². The molecule has 0 unspecified atom stereocenters. The van der Waals surface area contributed by atoms with Crippen molar-refractivity contribution in [3.63, 3.8) is 0 Å². The number of hydrogen-bond donors (Lipinski definition) is 1. The van der Waals surface area contributed by atoms with Gasteiger partial charge in [-0.15, -0.1) is 11.3 Å². The Kier molecular flexibility index (Phi) is 3.23. The lowest BCUT2D eigenvalue weighted by atomic mass is 10.0. The number of imidazole rings is 1. The van der Waals surface area contributed by atoms with Gasteiger partial charge in [-0.05, 0) is 25.3 Å². The third-order valence-corrected chi connectivity index (χ3v) is 3.46. The molecule has 0 aliphatic heterocycles. The lowest BCUT2D eigenvalue weighted by Crippen LogP contribution is -2.31. The lowest BCUT2D eigenvalue weighted by Gasteiger charge is -2.20. The summed E-state index contributed by atoms with van der Waals surface area (Å²) >= 11 is 1.34. The number of nitrogens with two attached hydrogens (primary N) is 1. The second-order valence-electron chi connectivity index (χ2n) is 4.50. The van der Waals surface area contributed by atoms with Gasteiger partial charge >= 0.3 is 5.97 Å². The zero-order valence-electron chi connectivity index (χ0n) is 10.5. The minimum absolute atomic E-state index is 0.352. The summed E-state index contributed by atoms with van der Waals surface area (Å²) in [6.07, 6.45) is 3.36. The Morgan fingerprint density at radius 3 is 2.89 bits per heavy atom. The molecule has 0 radical (unpaired) electrons. The highest BCUT2D eigenvalue weighted by Gasteiger charge is 2.23. The predicted octanol–water partition coefficient (Wildman–Crippen LogP) is 1.91. The van der Waals surface area contributed by atoms with E-state index in [9.17, 15) is 4.79 Å². The number of carbonyl (C=O) groups excluding carboxylic acids is 1. The molecule has 2 aromatic rings. The molecule has 0 fully saturated rings. The van der Waals surface area contributed by atoms with Crippen LogP contribution in [0.3, 0.4) is 0 Å². The molecule has 0 saturated heterocycles. The molecule has 2 aromatic heterocycles. The highest BCUT2D eigenvalue weighted by atomic mass is 32.1. The first-order valence-electron chi connectivity index (χ1n) is 5.43. The summed E-state index contributed by atoms with van der Waals surface area (Å²) < 4.78 is 6.59. The summed E-state index contributed by atoms with van der Waals surface area (Å²) in [5.74, 6) is -0.352. The molecule has 0 spiro atoms. The Morgan fingerprint density at radius 1 is 1.56 bits per heavy atom. The Morgan fingerprint density at radius 2 is 2.28 bits per heavy atom. The molecule has 0 amide bonds. The van der Waals surface area contributed by atoms with Crippen LogP contribution in [0.1, 0.15) is 29.2 Å². The number of hydrogen-bond acceptors (Lipinski definition) is 5. The van der Waals surface area contributed by atoms with Crippen LogP contribution in [0.2, 0.25) is 0 Å². The second-order valence-corrected chi connectivity index (χ2v) is 5.41. The van der Waals surface area contributed by atoms with Crippen LogP contribution in [-0.4, -0.2) is 22.6 Å². The molecule has 2 heterocycles. The van der Waals surface area contributed by atoms with Gasteiger partial charge in [0.15, 0.2) is 0 Å². The summed E-state index contributed by atoms with van der Waals surface area (Å²) in [7, 11) is 1.37. The van der Waals surface area contributed by atoms with Crippen molar-refractivity contribution in [3.8, 4) is 5.69 Å². The van der Waals surface area contributed by atoms with Crippen molar-refractivity contribution in [2.45, 2.75) is 19.4 Å². The van der Waals surface area contributed by atoms with E-state index in [4.69, 9.17) is 10.5 Å². The Bertz CT molecular complexity index is 566. The van der Waals surface area contributed by atoms with E-state index in [1.807, 2.05) is 29.9 Å². The van der Waals surface area contributed by atoms with Crippen molar-refractivity contribution >= 4 is 17.3 Å². The smallest absolute Gasteiger partial charge is 0.350 e. The first-order chi connectivity index (χ1) is 8.45. The maximum atomic E-state index is 11.7. The van der Waals surface area contributed by atoms with Gasteiger partial charge in [0.1, 0.15) is 4.88 Å². The van der Waals surface area contributed by atoms with Gasteiger partial charge < -0.3 is 10.5 Å². The molecule has 0 aliphatic carbocycles. The fraction of sp³-hybridized carbons (Fsp3) is 0.333. The number of ether oxygens (including phenoxy) is 1. The second kappa shape index (κ2) is 4.55. The molecular weight excluding hydrogens is 250 g/mol. The maximum absolute atomic E-state index is 11.7. The first kappa shape index (κ1) is 12.8. The predicted molar refractivity (Wildman–Crippen MR) is 70.0 cm³/mol. The molecule has 0 aromatic carbocycles. The van der Waals surface area contributed by atoms with Gasteiger partial charge in [-0.2, -0.15) is 0 Å². The van der Waals surface area contributed by atoms with Gasteiger partial charge in [0, 0.05) is 0 Å². The van der Waals surface area contributed by atoms with Crippen molar-refractivity contribution < 1.29 is 9.53 Å². The van der Waals surface area contributed by atoms with E-state index in [1.54, 1.807) is 12.5 Å². The Labute approximate surface area is 109 Å². The van der Waals surface area contributed by atoms with Crippen molar-refractivity contribution in [2.75, 3.05) is 7.11 Å². The summed E-state index contributed by atoms with van der Waals surface area (Å²) in [5.41, 5.74) is 7.14. The van der Waals surface area contributed by atoms with Crippen molar-refractivity contribution in [2.24, 2.45) is 5.73 Å². The average Bonchev–Trinajstić information content (AvgIpc) is 2.94. The van der Waals surface area contributed by atoms with E-state index in [0.717, 1.165) is 11.4 Å². The molecular formula is C12H15N3O2S. The van der Waals surface area contributed by atoms with Crippen LogP contribution in [0.5, 0.6) is 0 Å².